The Morgan fingerprint density at radius 2 is 1.90 bits per heavy atom. The Kier molecular flexibility index (Phi) is 6.29. The summed E-state index contributed by atoms with van der Waals surface area (Å²) in [7, 11) is 3.17. The number of carbonyl (C=O) groups excluding carboxylic acids is 1. The van der Waals surface area contributed by atoms with Crippen LogP contribution in [0.4, 0.5) is 17.2 Å². The molecule has 0 spiro atoms. The molecule has 0 aliphatic carbocycles. The molecule has 7 nitrogen and oxygen atoms in total. The van der Waals surface area contributed by atoms with Gasteiger partial charge in [0.25, 0.3) is 5.91 Å². The topological polar surface area (TPSA) is 85.4 Å². The van der Waals surface area contributed by atoms with Crippen molar-refractivity contribution in [1.82, 2.24) is 9.97 Å². The van der Waals surface area contributed by atoms with Crippen LogP contribution in [-0.4, -0.2) is 30.1 Å². The number of nitrogens with one attached hydrogen (secondary N) is 2. The van der Waals surface area contributed by atoms with E-state index in [9.17, 15) is 4.79 Å². The van der Waals surface area contributed by atoms with E-state index in [0.717, 1.165) is 23.2 Å². The Hall–Kier alpha value is -3.61. The number of amides is 1. The van der Waals surface area contributed by atoms with Gasteiger partial charge in [-0.25, -0.2) is 9.97 Å². The SMILES string of the molecule is CCc1cccc(C)c1NC(=O)c1cnc(Nc2ccc(OC)cc2OC)cn1. The summed E-state index contributed by atoms with van der Waals surface area (Å²) in [6.07, 6.45) is 3.78. The maximum Gasteiger partial charge on any atom is 0.275 e. The van der Waals surface area contributed by atoms with Gasteiger partial charge in [0.1, 0.15) is 23.0 Å². The number of rotatable bonds is 7. The van der Waals surface area contributed by atoms with Crippen LogP contribution in [0.25, 0.3) is 0 Å². The molecule has 0 radical (unpaired) electrons. The largest absolute Gasteiger partial charge is 0.497 e. The first-order valence-electron chi connectivity index (χ1n) is 9.26. The van der Waals surface area contributed by atoms with E-state index in [0.29, 0.717) is 23.0 Å². The summed E-state index contributed by atoms with van der Waals surface area (Å²) >= 11 is 0. The maximum absolute atomic E-state index is 12.6. The van der Waals surface area contributed by atoms with E-state index in [1.54, 1.807) is 20.3 Å². The molecule has 0 aliphatic rings. The van der Waals surface area contributed by atoms with Gasteiger partial charge in [-0.1, -0.05) is 25.1 Å². The highest BCUT2D eigenvalue weighted by Crippen LogP contribution is 2.30. The minimum absolute atomic E-state index is 0.238. The van der Waals surface area contributed by atoms with E-state index in [2.05, 4.69) is 27.5 Å². The fraction of sp³-hybridized carbons (Fsp3) is 0.227. The third kappa shape index (κ3) is 4.63. The van der Waals surface area contributed by atoms with Crippen LogP contribution in [-0.2, 0) is 6.42 Å². The van der Waals surface area contributed by atoms with Crippen molar-refractivity contribution in [3.63, 3.8) is 0 Å². The predicted molar refractivity (Wildman–Crippen MR) is 113 cm³/mol. The van der Waals surface area contributed by atoms with E-state index in [1.807, 2.05) is 37.3 Å². The van der Waals surface area contributed by atoms with Gasteiger partial charge in [-0.3, -0.25) is 4.79 Å². The Morgan fingerprint density at radius 1 is 1.07 bits per heavy atom. The average Bonchev–Trinajstić information content (AvgIpc) is 2.75. The molecule has 0 atom stereocenters. The summed E-state index contributed by atoms with van der Waals surface area (Å²) in [6.45, 7) is 4.02. The maximum atomic E-state index is 12.6. The zero-order valence-corrected chi connectivity index (χ0v) is 16.9. The van der Waals surface area contributed by atoms with Crippen molar-refractivity contribution >= 4 is 23.1 Å². The van der Waals surface area contributed by atoms with Crippen LogP contribution < -0.4 is 20.1 Å². The lowest BCUT2D eigenvalue weighted by atomic mass is 10.1. The summed E-state index contributed by atoms with van der Waals surface area (Å²) in [5.41, 5.74) is 3.87. The zero-order valence-electron chi connectivity index (χ0n) is 16.9. The van der Waals surface area contributed by atoms with Crippen LogP contribution in [0, 0.1) is 6.92 Å². The van der Waals surface area contributed by atoms with E-state index in [1.165, 1.54) is 12.4 Å². The first-order chi connectivity index (χ1) is 14.0. The molecule has 0 bridgehead atoms. The Balaban J connectivity index is 1.75. The molecule has 0 saturated heterocycles. The van der Waals surface area contributed by atoms with E-state index in [-0.39, 0.29) is 11.6 Å². The van der Waals surface area contributed by atoms with Gasteiger partial charge in [-0.15, -0.1) is 0 Å². The first kappa shape index (κ1) is 20.1. The van der Waals surface area contributed by atoms with Gasteiger partial charge in [-0.05, 0) is 36.6 Å². The van der Waals surface area contributed by atoms with Gasteiger partial charge in [0.2, 0.25) is 0 Å². The van der Waals surface area contributed by atoms with Crippen molar-refractivity contribution < 1.29 is 14.3 Å². The number of para-hydroxylation sites is 1. The minimum Gasteiger partial charge on any atom is -0.497 e. The quantitative estimate of drug-likeness (QED) is 0.621. The summed E-state index contributed by atoms with van der Waals surface area (Å²) in [5.74, 6) is 1.50. The van der Waals surface area contributed by atoms with Crippen molar-refractivity contribution in [3.8, 4) is 11.5 Å². The Morgan fingerprint density at radius 3 is 2.55 bits per heavy atom. The smallest absolute Gasteiger partial charge is 0.275 e. The highest BCUT2D eigenvalue weighted by Gasteiger charge is 2.13. The second-order valence-corrected chi connectivity index (χ2v) is 6.39. The number of anilines is 3. The molecular weight excluding hydrogens is 368 g/mol. The number of nitrogens with zero attached hydrogens (tertiary/aromatic N) is 2. The molecule has 3 rings (SSSR count). The lowest BCUT2D eigenvalue weighted by Crippen LogP contribution is -2.16. The Labute approximate surface area is 170 Å². The Bertz CT molecular complexity index is 1000. The van der Waals surface area contributed by atoms with Crippen molar-refractivity contribution in [2.24, 2.45) is 0 Å². The van der Waals surface area contributed by atoms with Gasteiger partial charge < -0.3 is 20.1 Å². The summed E-state index contributed by atoms with van der Waals surface area (Å²) in [5, 5.41) is 6.08. The monoisotopic (exact) mass is 392 g/mol. The normalized spacial score (nSPS) is 10.3. The van der Waals surface area contributed by atoms with Crippen molar-refractivity contribution in [2.45, 2.75) is 20.3 Å². The molecule has 2 aromatic carbocycles. The molecule has 0 aliphatic heterocycles. The van der Waals surface area contributed by atoms with Crippen molar-refractivity contribution in [3.05, 3.63) is 65.6 Å². The summed E-state index contributed by atoms with van der Waals surface area (Å²) < 4.78 is 10.6. The number of aryl methyl sites for hydroxylation is 2. The molecule has 1 aromatic heterocycles. The van der Waals surface area contributed by atoms with E-state index >= 15 is 0 Å². The van der Waals surface area contributed by atoms with Crippen molar-refractivity contribution in [1.29, 1.82) is 0 Å². The number of hydrogen-bond acceptors (Lipinski definition) is 6. The van der Waals surface area contributed by atoms with Gasteiger partial charge in [0.15, 0.2) is 0 Å². The highest BCUT2D eigenvalue weighted by molar-refractivity contribution is 6.03. The number of hydrogen-bond donors (Lipinski definition) is 2. The summed E-state index contributed by atoms with van der Waals surface area (Å²) in [6, 6.07) is 11.4. The van der Waals surface area contributed by atoms with Crippen LogP contribution >= 0.6 is 0 Å². The van der Waals surface area contributed by atoms with Gasteiger partial charge >= 0.3 is 0 Å². The molecule has 0 saturated carbocycles. The fourth-order valence-corrected chi connectivity index (χ4v) is 2.93. The standard InChI is InChI=1S/C22H24N4O3/c1-5-15-8-6-7-14(2)21(15)26-22(27)18-12-24-20(13-23-18)25-17-10-9-16(28-3)11-19(17)29-4/h6-13H,5H2,1-4H3,(H,24,25)(H,26,27). The van der Waals surface area contributed by atoms with Gasteiger partial charge in [-0.2, -0.15) is 0 Å². The molecule has 150 valence electrons. The van der Waals surface area contributed by atoms with Crippen LogP contribution in [0.5, 0.6) is 11.5 Å². The second kappa shape index (κ2) is 9.05. The van der Waals surface area contributed by atoms with Crippen LogP contribution in [0.2, 0.25) is 0 Å². The molecule has 29 heavy (non-hydrogen) atoms. The number of methoxy groups -OCH3 is 2. The van der Waals surface area contributed by atoms with Crippen LogP contribution in [0.1, 0.15) is 28.5 Å². The molecule has 3 aromatic rings. The van der Waals surface area contributed by atoms with Crippen LogP contribution in [0.3, 0.4) is 0 Å². The second-order valence-electron chi connectivity index (χ2n) is 6.39. The third-order valence-corrected chi connectivity index (χ3v) is 4.53. The van der Waals surface area contributed by atoms with Gasteiger partial charge in [0, 0.05) is 11.8 Å². The molecule has 1 amide bonds. The van der Waals surface area contributed by atoms with Crippen molar-refractivity contribution in [2.75, 3.05) is 24.9 Å². The molecule has 0 fully saturated rings. The number of aromatic nitrogens is 2. The van der Waals surface area contributed by atoms with E-state index < -0.39 is 0 Å². The highest BCUT2D eigenvalue weighted by atomic mass is 16.5. The lowest BCUT2D eigenvalue weighted by molar-refractivity contribution is 0.102. The van der Waals surface area contributed by atoms with Crippen LogP contribution in [0.15, 0.2) is 48.8 Å². The fourth-order valence-electron chi connectivity index (χ4n) is 2.93. The van der Waals surface area contributed by atoms with E-state index in [4.69, 9.17) is 9.47 Å². The predicted octanol–water partition coefficient (Wildman–Crippen LogP) is 4.36. The average molecular weight is 392 g/mol. The lowest BCUT2D eigenvalue weighted by Gasteiger charge is -2.13. The summed E-state index contributed by atoms with van der Waals surface area (Å²) in [4.78, 5) is 21.1. The minimum atomic E-state index is -0.296. The molecule has 1 heterocycles. The molecular formula is C22H24N4O3. The number of ether oxygens (including phenoxy) is 2. The third-order valence-electron chi connectivity index (χ3n) is 4.53. The zero-order chi connectivity index (χ0) is 20.8. The molecule has 2 N–H and O–H groups in total. The molecule has 0 unspecified atom stereocenters. The number of benzene rings is 2. The van der Waals surface area contributed by atoms with Gasteiger partial charge in [0.05, 0.1) is 32.3 Å². The first-order valence-corrected chi connectivity index (χ1v) is 9.26. The molecule has 7 heteroatoms. The number of carbonyl (C=O) groups is 1.